The quantitative estimate of drug-likeness (QED) is 0.370. The largest absolute Gasteiger partial charge is 0.416 e. The maximum atomic E-state index is 13.8. The van der Waals surface area contributed by atoms with E-state index in [1.165, 1.54) is 36.4 Å². The summed E-state index contributed by atoms with van der Waals surface area (Å²) in [5.74, 6) is -1.71. The highest BCUT2D eigenvalue weighted by Crippen LogP contribution is 2.30. The Morgan fingerprint density at radius 3 is 2.08 bits per heavy atom. The summed E-state index contributed by atoms with van der Waals surface area (Å²) in [6, 6.07) is 11.5. The zero-order chi connectivity index (χ0) is 26.7. The fourth-order valence-corrected chi connectivity index (χ4v) is 5.29. The van der Waals surface area contributed by atoms with Crippen LogP contribution in [-0.4, -0.2) is 28.8 Å². The van der Waals surface area contributed by atoms with Gasteiger partial charge in [0.25, 0.3) is 10.0 Å². The van der Waals surface area contributed by atoms with Crippen molar-refractivity contribution in [3.63, 3.8) is 0 Å². The predicted octanol–water partition coefficient (Wildman–Crippen LogP) is 3.95. The normalized spacial score (nSPS) is 13.1. The summed E-state index contributed by atoms with van der Waals surface area (Å²) < 4.78 is 107. The van der Waals surface area contributed by atoms with Crippen molar-refractivity contribution in [3.8, 4) is 0 Å². The van der Waals surface area contributed by atoms with Crippen molar-refractivity contribution < 1.29 is 39.2 Å². The van der Waals surface area contributed by atoms with Crippen LogP contribution in [0.4, 0.5) is 28.9 Å². The van der Waals surface area contributed by atoms with Gasteiger partial charge in [-0.1, -0.05) is 24.3 Å². The Labute approximate surface area is 204 Å². The van der Waals surface area contributed by atoms with E-state index in [2.05, 4.69) is 10.0 Å². The van der Waals surface area contributed by atoms with E-state index in [4.69, 9.17) is 0 Å². The Bertz CT molecular complexity index is 1490. The minimum absolute atomic E-state index is 0.0264. The van der Waals surface area contributed by atoms with Crippen LogP contribution in [0.25, 0.3) is 0 Å². The van der Waals surface area contributed by atoms with Gasteiger partial charge in [0.05, 0.1) is 27.1 Å². The van der Waals surface area contributed by atoms with Gasteiger partial charge in [-0.3, -0.25) is 9.52 Å². The number of alkyl halides is 3. The van der Waals surface area contributed by atoms with Crippen molar-refractivity contribution in [3.05, 3.63) is 84.2 Å². The van der Waals surface area contributed by atoms with Gasteiger partial charge in [0.2, 0.25) is 15.9 Å². The van der Waals surface area contributed by atoms with Crippen LogP contribution < -0.4 is 14.8 Å². The second-order valence-electron chi connectivity index (χ2n) is 7.47. The average molecular weight is 546 g/mol. The number of carbonyl (C=O) groups excluding carboxylic acids is 1. The third-order valence-corrected chi connectivity index (χ3v) is 7.63. The minimum Gasteiger partial charge on any atom is -0.325 e. The molecule has 0 fully saturated rings. The van der Waals surface area contributed by atoms with E-state index >= 15 is 0 Å². The minimum atomic E-state index is -4.76. The van der Waals surface area contributed by atoms with E-state index in [1.54, 1.807) is 0 Å². The molecule has 192 valence electrons. The second kappa shape index (κ2) is 10.2. The molecule has 8 nitrogen and oxygen atoms in total. The molecule has 0 unspecified atom stereocenters. The van der Waals surface area contributed by atoms with E-state index in [1.807, 2.05) is 4.72 Å². The molecule has 0 radical (unpaired) electrons. The van der Waals surface area contributed by atoms with Crippen LogP contribution in [0.5, 0.6) is 0 Å². The number of anilines is 2. The number of halogens is 4. The number of amides is 1. The molecule has 1 amide bonds. The molecule has 3 aromatic carbocycles. The Balaban J connectivity index is 1.73. The van der Waals surface area contributed by atoms with Crippen molar-refractivity contribution in [2.24, 2.45) is 0 Å². The summed E-state index contributed by atoms with van der Waals surface area (Å²) in [4.78, 5) is 11.5. The van der Waals surface area contributed by atoms with Gasteiger partial charge in [0, 0.05) is 5.69 Å². The van der Waals surface area contributed by atoms with Gasteiger partial charge < -0.3 is 5.32 Å². The Morgan fingerprint density at radius 2 is 1.44 bits per heavy atom. The number of para-hydroxylation sites is 1. The number of hydrogen-bond acceptors (Lipinski definition) is 5. The van der Waals surface area contributed by atoms with Crippen molar-refractivity contribution >= 4 is 37.3 Å². The highest BCUT2D eigenvalue weighted by atomic mass is 32.2. The molecule has 1 atom stereocenters. The summed E-state index contributed by atoms with van der Waals surface area (Å²) >= 11 is 0. The first-order valence-electron chi connectivity index (χ1n) is 10.1. The molecule has 3 rings (SSSR count). The van der Waals surface area contributed by atoms with E-state index in [0.717, 1.165) is 31.2 Å². The molecule has 14 heteroatoms. The highest BCUT2D eigenvalue weighted by Gasteiger charge is 2.32. The molecular formula is C22H19F4N3O5S2. The lowest BCUT2D eigenvalue weighted by Gasteiger charge is -2.16. The van der Waals surface area contributed by atoms with E-state index in [0.29, 0.717) is 12.1 Å². The average Bonchev–Trinajstić information content (AvgIpc) is 2.80. The molecule has 0 aliphatic rings. The monoisotopic (exact) mass is 545 g/mol. The van der Waals surface area contributed by atoms with Crippen LogP contribution in [0.15, 0.2) is 82.6 Å². The first kappa shape index (κ1) is 27.1. The third kappa shape index (κ3) is 6.59. The zero-order valence-electron chi connectivity index (χ0n) is 18.4. The number of nitrogens with one attached hydrogen (secondary N) is 3. The lowest BCUT2D eigenvalue weighted by Crippen LogP contribution is -2.41. The molecule has 0 bridgehead atoms. The maximum Gasteiger partial charge on any atom is 0.416 e. The lowest BCUT2D eigenvalue weighted by atomic mass is 10.2. The molecule has 0 spiro atoms. The fourth-order valence-electron chi connectivity index (χ4n) is 2.93. The number of carbonyl (C=O) groups is 1. The molecule has 0 saturated carbocycles. The van der Waals surface area contributed by atoms with Gasteiger partial charge >= 0.3 is 6.18 Å². The number of hydrogen-bond donors (Lipinski definition) is 3. The maximum absolute atomic E-state index is 13.8. The van der Waals surface area contributed by atoms with Gasteiger partial charge in [0.1, 0.15) is 5.82 Å². The summed E-state index contributed by atoms with van der Waals surface area (Å²) in [6.45, 7) is 1.15. The molecule has 36 heavy (non-hydrogen) atoms. The summed E-state index contributed by atoms with van der Waals surface area (Å²) in [5, 5.41) is 2.33. The third-order valence-electron chi connectivity index (χ3n) is 4.73. The van der Waals surface area contributed by atoms with Crippen LogP contribution in [0.2, 0.25) is 0 Å². The molecule has 0 aromatic heterocycles. The van der Waals surface area contributed by atoms with Gasteiger partial charge in [-0.2, -0.15) is 17.9 Å². The molecule has 0 aliphatic carbocycles. The van der Waals surface area contributed by atoms with Crippen molar-refractivity contribution in [1.82, 2.24) is 4.72 Å². The van der Waals surface area contributed by atoms with Crippen LogP contribution >= 0.6 is 0 Å². The highest BCUT2D eigenvalue weighted by molar-refractivity contribution is 7.92. The number of sulfonamides is 2. The topological polar surface area (TPSA) is 121 Å². The smallest absolute Gasteiger partial charge is 0.325 e. The van der Waals surface area contributed by atoms with Crippen molar-refractivity contribution in [1.29, 1.82) is 0 Å². The van der Waals surface area contributed by atoms with Gasteiger partial charge in [-0.15, -0.1) is 0 Å². The molecule has 0 aliphatic heterocycles. The van der Waals surface area contributed by atoms with Crippen LogP contribution in [0.3, 0.4) is 0 Å². The van der Waals surface area contributed by atoms with E-state index < -0.39 is 54.4 Å². The summed E-state index contributed by atoms with van der Waals surface area (Å²) in [6.07, 6.45) is -4.76. The molecule has 0 saturated heterocycles. The Morgan fingerprint density at radius 1 is 0.833 bits per heavy atom. The molecule has 3 N–H and O–H groups in total. The SMILES string of the molecule is C[C@H](NS(=O)(=O)c1cccc(C(F)(F)F)c1)C(=O)Nc1cccc(S(=O)(=O)Nc2ccccc2F)c1. The summed E-state index contributed by atoms with van der Waals surface area (Å²) in [7, 11) is -8.74. The fraction of sp³-hybridized carbons (Fsp3) is 0.136. The predicted molar refractivity (Wildman–Crippen MR) is 124 cm³/mol. The second-order valence-corrected chi connectivity index (χ2v) is 10.9. The van der Waals surface area contributed by atoms with E-state index in [-0.39, 0.29) is 16.3 Å². The first-order valence-corrected chi connectivity index (χ1v) is 13.0. The van der Waals surface area contributed by atoms with Crippen molar-refractivity contribution in [2.75, 3.05) is 10.0 Å². The molecule has 3 aromatic rings. The van der Waals surface area contributed by atoms with Gasteiger partial charge in [-0.05, 0) is 55.5 Å². The Kier molecular flexibility index (Phi) is 7.71. The Hall–Kier alpha value is -3.49. The summed E-state index contributed by atoms with van der Waals surface area (Å²) in [5.41, 5.74) is -1.49. The van der Waals surface area contributed by atoms with Crippen LogP contribution in [-0.2, 0) is 31.0 Å². The lowest BCUT2D eigenvalue weighted by molar-refractivity contribution is -0.137. The first-order chi connectivity index (χ1) is 16.7. The standard InChI is InChI=1S/C22H19F4N3O5S2/c1-14(28-35(31,32)17-8-4-6-15(12-17)22(24,25)26)21(30)27-16-7-5-9-18(13-16)36(33,34)29-20-11-3-2-10-19(20)23/h2-14,28-29H,1H3,(H,27,30)/t14-/m0/s1. The molecular weight excluding hydrogens is 526 g/mol. The number of rotatable bonds is 8. The number of benzene rings is 3. The van der Waals surface area contributed by atoms with Gasteiger partial charge in [0.15, 0.2) is 0 Å². The van der Waals surface area contributed by atoms with Crippen LogP contribution in [0.1, 0.15) is 12.5 Å². The van der Waals surface area contributed by atoms with Crippen molar-refractivity contribution in [2.45, 2.75) is 28.9 Å². The zero-order valence-corrected chi connectivity index (χ0v) is 20.0. The van der Waals surface area contributed by atoms with E-state index in [9.17, 15) is 39.2 Å². The van der Waals surface area contributed by atoms with Crippen LogP contribution in [0, 0.1) is 5.82 Å². The van der Waals surface area contributed by atoms with Gasteiger partial charge in [-0.25, -0.2) is 21.2 Å². The molecule has 0 heterocycles.